The Labute approximate surface area is 501 Å². The first kappa shape index (κ1) is 76.8. The van der Waals surface area contributed by atoms with E-state index >= 15 is 0 Å². The van der Waals surface area contributed by atoms with Crippen molar-refractivity contribution in [1.82, 2.24) is 0 Å². The van der Waals surface area contributed by atoms with E-state index in [0.29, 0.717) is 19.3 Å². The lowest BCUT2D eigenvalue weighted by Gasteiger charge is -2.18. The number of carbonyl (C=O) groups is 3. The molecule has 0 rings (SSSR count). The van der Waals surface area contributed by atoms with Crippen LogP contribution in [-0.2, 0) is 28.6 Å². The van der Waals surface area contributed by atoms with Crippen molar-refractivity contribution in [3.8, 4) is 0 Å². The van der Waals surface area contributed by atoms with E-state index in [-0.39, 0.29) is 31.1 Å². The minimum absolute atomic E-state index is 0.0872. The lowest BCUT2D eigenvalue weighted by Crippen LogP contribution is -2.30. The first-order chi connectivity index (χ1) is 40.0. The fraction of sp³-hybridized carbons (Fsp3) is 0.693. The molecule has 0 aromatic heterocycles. The summed E-state index contributed by atoms with van der Waals surface area (Å²) in [5.41, 5.74) is 0. The maximum absolute atomic E-state index is 12.9. The van der Waals surface area contributed by atoms with Crippen molar-refractivity contribution in [2.24, 2.45) is 0 Å². The van der Waals surface area contributed by atoms with Gasteiger partial charge in [0.25, 0.3) is 0 Å². The van der Waals surface area contributed by atoms with Crippen molar-refractivity contribution in [1.29, 1.82) is 0 Å². The van der Waals surface area contributed by atoms with Crippen molar-refractivity contribution in [3.05, 3.63) is 122 Å². The van der Waals surface area contributed by atoms with Crippen LogP contribution in [0.1, 0.15) is 316 Å². The van der Waals surface area contributed by atoms with Crippen LogP contribution in [-0.4, -0.2) is 37.2 Å². The van der Waals surface area contributed by atoms with Crippen LogP contribution in [0.2, 0.25) is 0 Å². The third-order valence-electron chi connectivity index (χ3n) is 14.4. The van der Waals surface area contributed by atoms with Crippen molar-refractivity contribution in [2.45, 2.75) is 322 Å². The maximum atomic E-state index is 12.9. The molecule has 0 N–H and O–H groups in total. The second-order valence-electron chi connectivity index (χ2n) is 22.3. The highest BCUT2D eigenvalue weighted by Crippen LogP contribution is 2.16. The summed E-state index contributed by atoms with van der Waals surface area (Å²) in [4.78, 5) is 38.4. The SMILES string of the molecule is CC/C=C\C/C=C\C/C=C\C/C=C\C/C=C\C/C=C\CCCCCCCCCCCCC(=O)OCC(COC(=O)CCCCCCCCC/C=C\C/C=C\CCCCC)OC(=O)CCCCCCCCC/C=C\C/C=C\CCCCC. The molecule has 1 unspecified atom stereocenters. The van der Waals surface area contributed by atoms with Gasteiger partial charge in [0.15, 0.2) is 6.10 Å². The highest BCUT2D eigenvalue weighted by Gasteiger charge is 2.19. The molecule has 81 heavy (non-hydrogen) atoms. The summed E-state index contributed by atoms with van der Waals surface area (Å²) >= 11 is 0. The molecule has 0 fully saturated rings. The van der Waals surface area contributed by atoms with Gasteiger partial charge in [0.1, 0.15) is 13.2 Å². The third-order valence-corrected chi connectivity index (χ3v) is 14.4. The quantitative estimate of drug-likeness (QED) is 0.0261. The molecule has 6 nitrogen and oxygen atoms in total. The molecule has 0 bridgehead atoms. The van der Waals surface area contributed by atoms with E-state index in [4.69, 9.17) is 14.2 Å². The van der Waals surface area contributed by atoms with Gasteiger partial charge < -0.3 is 14.2 Å². The fourth-order valence-corrected chi connectivity index (χ4v) is 9.33. The molecule has 1 atom stereocenters. The van der Waals surface area contributed by atoms with Gasteiger partial charge in [-0.05, 0) is 135 Å². The van der Waals surface area contributed by atoms with Gasteiger partial charge in [0.2, 0.25) is 0 Å². The average molecular weight is 1120 g/mol. The molecule has 0 spiro atoms. The first-order valence-corrected chi connectivity index (χ1v) is 34.0. The predicted molar refractivity (Wildman–Crippen MR) is 353 cm³/mol. The van der Waals surface area contributed by atoms with Gasteiger partial charge in [-0.15, -0.1) is 0 Å². The van der Waals surface area contributed by atoms with E-state index in [1.165, 1.54) is 154 Å². The zero-order valence-electron chi connectivity index (χ0n) is 53.0. The summed E-state index contributed by atoms with van der Waals surface area (Å²) in [7, 11) is 0. The molecule has 462 valence electrons. The van der Waals surface area contributed by atoms with E-state index < -0.39 is 6.10 Å². The van der Waals surface area contributed by atoms with Gasteiger partial charge >= 0.3 is 17.9 Å². The van der Waals surface area contributed by atoms with Crippen LogP contribution in [0.25, 0.3) is 0 Å². The number of rotatable bonds is 61. The van der Waals surface area contributed by atoms with Gasteiger partial charge in [-0.25, -0.2) is 0 Å². The number of hydrogen-bond donors (Lipinski definition) is 0. The highest BCUT2D eigenvalue weighted by atomic mass is 16.6. The molecule has 6 heteroatoms. The monoisotopic (exact) mass is 1120 g/mol. The molecular formula is C75H126O6. The first-order valence-electron chi connectivity index (χ1n) is 34.0. The number of hydrogen-bond acceptors (Lipinski definition) is 6. The van der Waals surface area contributed by atoms with Gasteiger partial charge in [-0.1, -0.05) is 284 Å². The summed E-state index contributed by atoms with van der Waals surface area (Å²) in [6, 6.07) is 0. The Morgan fingerprint density at radius 2 is 0.481 bits per heavy atom. The third kappa shape index (κ3) is 66.5. The summed E-state index contributed by atoms with van der Waals surface area (Å²) in [5, 5.41) is 0. The van der Waals surface area contributed by atoms with Crippen LogP contribution in [0, 0.1) is 0 Å². The Balaban J connectivity index is 4.35. The van der Waals surface area contributed by atoms with Crippen LogP contribution in [0.3, 0.4) is 0 Å². The zero-order chi connectivity index (χ0) is 58.5. The predicted octanol–water partition coefficient (Wildman–Crippen LogP) is 23.6. The number of carbonyl (C=O) groups excluding carboxylic acids is 3. The molecule has 0 saturated carbocycles. The molecule has 0 aromatic carbocycles. The maximum Gasteiger partial charge on any atom is 0.306 e. The Morgan fingerprint density at radius 1 is 0.259 bits per heavy atom. The van der Waals surface area contributed by atoms with Gasteiger partial charge in [-0.2, -0.15) is 0 Å². The van der Waals surface area contributed by atoms with Crippen molar-refractivity contribution in [3.63, 3.8) is 0 Å². The van der Waals surface area contributed by atoms with Crippen LogP contribution >= 0.6 is 0 Å². The topological polar surface area (TPSA) is 78.9 Å². The summed E-state index contributed by atoms with van der Waals surface area (Å²) in [6.07, 6.45) is 94.9. The smallest absolute Gasteiger partial charge is 0.306 e. The van der Waals surface area contributed by atoms with Crippen LogP contribution < -0.4 is 0 Å². The second kappa shape index (κ2) is 68.3. The minimum Gasteiger partial charge on any atom is -0.462 e. The zero-order valence-corrected chi connectivity index (χ0v) is 53.0. The molecule has 0 aromatic rings. The largest absolute Gasteiger partial charge is 0.462 e. The van der Waals surface area contributed by atoms with E-state index in [1.807, 2.05) is 0 Å². The Hall–Kier alpha value is -4.19. The Kier molecular flexibility index (Phi) is 64.8. The number of ether oxygens (including phenoxy) is 3. The van der Waals surface area contributed by atoms with Gasteiger partial charge in [-0.3, -0.25) is 14.4 Å². The van der Waals surface area contributed by atoms with E-state index in [9.17, 15) is 14.4 Å². The molecular weight excluding hydrogens is 997 g/mol. The van der Waals surface area contributed by atoms with Crippen LogP contribution in [0.15, 0.2) is 122 Å². The Bertz CT molecular complexity index is 1670. The van der Waals surface area contributed by atoms with Crippen molar-refractivity contribution < 1.29 is 28.6 Å². The van der Waals surface area contributed by atoms with Gasteiger partial charge in [0, 0.05) is 19.3 Å². The lowest BCUT2D eigenvalue weighted by molar-refractivity contribution is -0.167. The van der Waals surface area contributed by atoms with E-state index in [2.05, 4.69) is 142 Å². The molecule has 0 aliphatic rings. The summed E-state index contributed by atoms with van der Waals surface area (Å²) in [6.45, 7) is 6.48. The Morgan fingerprint density at radius 3 is 0.753 bits per heavy atom. The molecule has 0 radical (unpaired) electrons. The molecule has 0 aliphatic heterocycles. The number of unbranched alkanes of at least 4 members (excludes halogenated alkanes) is 30. The van der Waals surface area contributed by atoms with Crippen LogP contribution in [0.4, 0.5) is 0 Å². The van der Waals surface area contributed by atoms with Crippen molar-refractivity contribution >= 4 is 17.9 Å². The number of esters is 3. The lowest BCUT2D eigenvalue weighted by atomic mass is 10.1. The molecule has 0 saturated heterocycles. The van der Waals surface area contributed by atoms with E-state index in [1.54, 1.807) is 0 Å². The summed E-state index contributed by atoms with van der Waals surface area (Å²) in [5.74, 6) is -0.898. The number of allylic oxidation sites excluding steroid dienone is 20. The second-order valence-corrected chi connectivity index (χ2v) is 22.3. The van der Waals surface area contributed by atoms with Gasteiger partial charge in [0.05, 0.1) is 0 Å². The molecule has 0 aliphatic carbocycles. The fourth-order valence-electron chi connectivity index (χ4n) is 9.33. The minimum atomic E-state index is -0.792. The molecule has 0 heterocycles. The van der Waals surface area contributed by atoms with Crippen LogP contribution in [0.5, 0.6) is 0 Å². The molecule has 0 amide bonds. The standard InChI is InChI=1S/C75H126O6/c1-4-7-10-13-16-19-22-25-28-31-32-33-34-35-36-37-38-39-40-41-42-45-47-50-53-56-59-62-65-68-74(77)80-71-72(81-75(78)69-66-63-60-57-54-51-48-44-30-27-24-21-18-15-12-9-6-3)70-79-73(76)67-64-61-58-55-52-49-46-43-29-26-23-20-17-14-11-8-5-2/h7,10,16-21,25-30,32-33,35-36,38-39,72H,4-6,8-9,11-15,22-24,31,34,37,40-71H2,1-3H3/b10-7-,19-16-,20-17-,21-18-,28-25-,29-26-,30-27-,33-32-,36-35-,39-38-. The normalized spacial score (nSPS) is 12.9. The average Bonchev–Trinajstić information content (AvgIpc) is 3.47. The van der Waals surface area contributed by atoms with Crippen molar-refractivity contribution in [2.75, 3.05) is 13.2 Å². The highest BCUT2D eigenvalue weighted by molar-refractivity contribution is 5.71. The van der Waals surface area contributed by atoms with E-state index in [0.717, 1.165) is 122 Å². The summed E-state index contributed by atoms with van der Waals surface area (Å²) < 4.78 is 17.0.